The van der Waals surface area contributed by atoms with Crippen molar-refractivity contribution in [3.63, 3.8) is 0 Å². The molecular formula is C16H15N3O3S. The molecule has 1 aromatic heterocycles. The van der Waals surface area contributed by atoms with Crippen molar-refractivity contribution in [3.05, 3.63) is 66.6 Å². The van der Waals surface area contributed by atoms with Gasteiger partial charge in [-0.3, -0.25) is 4.72 Å². The first kappa shape index (κ1) is 15.1. The molecule has 0 aliphatic rings. The first-order valence-electron chi connectivity index (χ1n) is 6.89. The van der Waals surface area contributed by atoms with E-state index in [0.29, 0.717) is 17.2 Å². The molecule has 1 heterocycles. The number of aromatic nitrogens is 2. The van der Waals surface area contributed by atoms with Crippen LogP contribution in [0.3, 0.4) is 0 Å². The van der Waals surface area contributed by atoms with E-state index in [2.05, 4.69) is 14.7 Å². The van der Waals surface area contributed by atoms with Crippen LogP contribution >= 0.6 is 0 Å². The highest BCUT2D eigenvalue weighted by Crippen LogP contribution is 2.30. The molecule has 6 nitrogen and oxygen atoms in total. The lowest BCUT2D eigenvalue weighted by atomic mass is 10.2. The van der Waals surface area contributed by atoms with E-state index in [9.17, 15) is 8.42 Å². The maximum Gasteiger partial charge on any atom is 0.279 e. The molecule has 0 aliphatic carbocycles. The van der Waals surface area contributed by atoms with E-state index < -0.39 is 10.0 Å². The molecule has 0 amide bonds. The van der Waals surface area contributed by atoms with Gasteiger partial charge >= 0.3 is 0 Å². The number of nitrogens with one attached hydrogen (secondary N) is 2. The van der Waals surface area contributed by atoms with Gasteiger partial charge in [-0.25, -0.2) is 4.98 Å². The summed E-state index contributed by atoms with van der Waals surface area (Å²) in [6, 6.07) is 14.3. The Labute approximate surface area is 134 Å². The fraction of sp³-hybridized carbons (Fsp3) is 0.0625. The van der Waals surface area contributed by atoms with E-state index in [1.54, 1.807) is 24.3 Å². The monoisotopic (exact) mass is 329 g/mol. The fourth-order valence-corrected chi connectivity index (χ4v) is 2.94. The Morgan fingerprint density at radius 2 is 1.83 bits per heavy atom. The van der Waals surface area contributed by atoms with E-state index in [1.165, 1.54) is 12.5 Å². The van der Waals surface area contributed by atoms with Crippen LogP contribution in [0.2, 0.25) is 0 Å². The van der Waals surface area contributed by atoms with Crippen LogP contribution in [-0.2, 0) is 10.0 Å². The van der Waals surface area contributed by atoms with Gasteiger partial charge in [0.25, 0.3) is 10.0 Å². The number of sulfonamides is 1. The van der Waals surface area contributed by atoms with Crippen molar-refractivity contribution < 1.29 is 13.2 Å². The van der Waals surface area contributed by atoms with Gasteiger partial charge in [0, 0.05) is 0 Å². The number of para-hydroxylation sites is 2. The van der Waals surface area contributed by atoms with E-state index in [-0.39, 0.29) is 5.03 Å². The van der Waals surface area contributed by atoms with Gasteiger partial charge in [-0.15, -0.1) is 0 Å². The second-order valence-corrected chi connectivity index (χ2v) is 6.58. The Hall–Kier alpha value is -2.80. The average Bonchev–Trinajstić information content (AvgIpc) is 3.06. The minimum atomic E-state index is -3.74. The molecule has 0 unspecified atom stereocenters. The summed E-state index contributed by atoms with van der Waals surface area (Å²) in [5, 5.41) is -0.0114. The third kappa shape index (κ3) is 3.51. The smallest absolute Gasteiger partial charge is 0.279 e. The third-order valence-electron chi connectivity index (χ3n) is 3.14. The summed E-state index contributed by atoms with van der Waals surface area (Å²) in [4.78, 5) is 6.29. The quantitative estimate of drug-likeness (QED) is 0.752. The summed E-state index contributed by atoms with van der Waals surface area (Å²) in [5.41, 5.74) is 1.47. The van der Waals surface area contributed by atoms with E-state index in [0.717, 1.165) is 5.56 Å². The largest absolute Gasteiger partial charge is 0.455 e. The number of hydrogen-bond donors (Lipinski definition) is 2. The van der Waals surface area contributed by atoms with Crippen molar-refractivity contribution in [1.29, 1.82) is 0 Å². The standard InChI is InChI=1S/C16H15N3O3S/c1-12-6-8-13(9-7-12)22-15-5-3-2-4-14(15)19-23(20,21)16-10-17-11-18-16/h2-11,19H,1H3,(H,17,18). The van der Waals surface area contributed by atoms with Crippen LogP contribution in [0.1, 0.15) is 5.56 Å². The number of aromatic amines is 1. The Balaban J connectivity index is 1.88. The molecule has 0 atom stereocenters. The molecule has 0 saturated heterocycles. The second-order valence-electron chi connectivity index (χ2n) is 4.93. The summed E-state index contributed by atoms with van der Waals surface area (Å²) in [5.74, 6) is 1.04. The molecule has 0 saturated carbocycles. The van der Waals surface area contributed by atoms with Crippen LogP contribution in [0.15, 0.2) is 66.1 Å². The molecule has 0 fully saturated rings. The van der Waals surface area contributed by atoms with Crippen molar-refractivity contribution in [2.24, 2.45) is 0 Å². The Bertz CT molecular complexity index is 889. The number of ether oxygens (including phenoxy) is 1. The number of benzene rings is 2. The van der Waals surface area contributed by atoms with Crippen molar-refractivity contribution in [3.8, 4) is 11.5 Å². The summed E-state index contributed by atoms with van der Waals surface area (Å²) in [6.45, 7) is 1.98. The number of imidazole rings is 1. The summed E-state index contributed by atoms with van der Waals surface area (Å²) in [7, 11) is -3.74. The van der Waals surface area contributed by atoms with E-state index in [4.69, 9.17) is 4.74 Å². The SMILES string of the molecule is Cc1ccc(Oc2ccccc2NS(=O)(=O)c2cnc[nH]2)cc1. The van der Waals surface area contributed by atoms with Crippen LogP contribution in [0, 0.1) is 6.92 Å². The van der Waals surface area contributed by atoms with Gasteiger partial charge in [-0.05, 0) is 31.2 Å². The highest BCUT2D eigenvalue weighted by Gasteiger charge is 2.17. The van der Waals surface area contributed by atoms with Crippen molar-refractivity contribution >= 4 is 15.7 Å². The molecule has 7 heteroatoms. The molecule has 3 rings (SSSR count). The summed E-state index contributed by atoms with van der Waals surface area (Å²) in [6.07, 6.45) is 2.55. The van der Waals surface area contributed by atoms with Gasteiger partial charge in [-0.2, -0.15) is 8.42 Å². The van der Waals surface area contributed by atoms with Gasteiger partial charge < -0.3 is 9.72 Å². The normalized spacial score (nSPS) is 11.2. The number of anilines is 1. The van der Waals surface area contributed by atoms with Gasteiger partial charge in [0.05, 0.1) is 18.2 Å². The highest BCUT2D eigenvalue weighted by atomic mass is 32.2. The predicted molar refractivity (Wildman–Crippen MR) is 87.1 cm³/mol. The van der Waals surface area contributed by atoms with Crippen LogP contribution in [0.25, 0.3) is 0 Å². The topological polar surface area (TPSA) is 84.1 Å². The number of H-pyrrole nitrogens is 1. The lowest BCUT2D eigenvalue weighted by molar-refractivity contribution is 0.484. The molecule has 2 aromatic carbocycles. The number of aryl methyl sites for hydroxylation is 1. The minimum Gasteiger partial charge on any atom is -0.455 e. The molecule has 0 radical (unpaired) electrons. The summed E-state index contributed by atoms with van der Waals surface area (Å²) >= 11 is 0. The zero-order valence-electron chi connectivity index (χ0n) is 12.4. The molecule has 0 bridgehead atoms. The van der Waals surface area contributed by atoms with Gasteiger partial charge in [0.15, 0.2) is 10.8 Å². The molecular weight excluding hydrogens is 314 g/mol. The first-order chi connectivity index (χ1) is 11.0. The molecule has 3 aromatic rings. The highest BCUT2D eigenvalue weighted by molar-refractivity contribution is 7.92. The van der Waals surface area contributed by atoms with Crippen molar-refractivity contribution in [1.82, 2.24) is 9.97 Å². The third-order valence-corrected chi connectivity index (χ3v) is 4.43. The average molecular weight is 329 g/mol. The maximum atomic E-state index is 12.3. The van der Waals surface area contributed by atoms with Gasteiger partial charge in [0.2, 0.25) is 0 Å². The Morgan fingerprint density at radius 1 is 1.09 bits per heavy atom. The number of rotatable bonds is 5. The maximum absolute atomic E-state index is 12.3. The minimum absolute atomic E-state index is 0.0114. The molecule has 2 N–H and O–H groups in total. The molecule has 118 valence electrons. The number of hydrogen-bond acceptors (Lipinski definition) is 4. The van der Waals surface area contributed by atoms with Crippen LogP contribution < -0.4 is 9.46 Å². The zero-order valence-corrected chi connectivity index (χ0v) is 13.2. The Kier molecular flexibility index (Phi) is 4.03. The molecule has 23 heavy (non-hydrogen) atoms. The van der Waals surface area contributed by atoms with E-state index >= 15 is 0 Å². The summed E-state index contributed by atoms with van der Waals surface area (Å²) < 4.78 is 32.8. The lowest BCUT2D eigenvalue weighted by Crippen LogP contribution is -2.13. The lowest BCUT2D eigenvalue weighted by Gasteiger charge is -2.12. The van der Waals surface area contributed by atoms with Gasteiger partial charge in [0.1, 0.15) is 5.75 Å². The molecule has 0 spiro atoms. The number of nitrogens with zero attached hydrogens (tertiary/aromatic N) is 1. The fourth-order valence-electron chi connectivity index (χ4n) is 1.96. The zero-order chi connectivity index (χ0) is 16.3. The van der Waals surface area contributed by atoms with Gasteiger partial charge in [-0.1, -0.05) is 29.8 Å². The van der Waals surface area contributed by atoms with Crippen LogP contribution in [-0.4, -0.2) is 18.4 Å². The predicted octanol–water partition coefficient (Wildman–Crippen LogP) is 3.31. The second kappa shape index (κ2) is 6.13. The van der Waals surface area contributed by atoms with Crippen molar-refractivity contribution in [2.75, 3.05) is 4.72 Å². The van der Waals surface area contributed by atoms with Crippen LogP contribution in [0.4, 0.5) is 5.69 Å². The van der Waals surface area contributed by atoms with Crippen molar-refractivity contribution in [2.45, 2.75) is 11.9 Å². The van der Waals surface area contributed by atoms with E-state index in [1.807, 2.05) is 31.2 Å². The van der Waals surface area contributed by atoms with Crippen LogP contribution in [0.5, 0.6) is 11.5 Å². The first-order valence-corrected chi connectivity index (χ1v) is 8.38. The Morgan fingerprint density at radius 3 is 2.52 bits per heavy atom. The molecule has 0 aliphatic heterocycles.